The van der Waals surface area contributed by atoms with Gasteiger partial charge in [0, 0.05) is 0 Å². The Kier molecular flexibility index (Phi) is 2.59. The molecule has 0 radical (unpaired) electrons. The summed E-state index contributed by atoms with van der Waals surface area (Å²) in [6.07, 6.45) is 0. The second-order valence-electron chi connectivity index (χ2n) is 4.81. The first-order chi connectivity index (χ1) is 9.90. The summed E-state index contributed by atoms with van der Waals surface area (Å²) in [4.78, 5) is 6.77. The molecule has 0 aliphatic carbocycles. The number of ether oxygens (including phenoxy) is 1. The van der Waals surface area contributed by atoms with Gasteiger partial charge in [-0.3, -0.25) is 0 Å². The van der Waals surface area contributed by atoms with E-state index in [1.54, 1.807) is 0 Å². The minimum Gasteiger partial charge on any atom is -0.490 e. The van der Waals surface area contributed by atoms with Gasteiger partial charge in [-0.05, 0) is 24.3 Å². The molecule has 0 N–H and O–H groups in total. The number of benzene rings is 2. The maximum absolute atomic E-state index is 5.79. The monoisotopic (exact) mass is 266 g/mol. The van der Waals surface area contributed by atoms with Gasteiger partial charge < -0.3 is 14.1 Å². The summed E-state index contributed by atoms with van der Waals surface area (Å²) in [5.41, 5.74) is 2.84. The minimum atomic E-state index is 0.662. The standard InChI is InChI=1S/C16H14N2O2/c1-3-7-14-12(5-1)17-16(20-14)11-18-9-10-19-15-8-4-2-6-13(15)18/h1-8H,9-11H2. The molecule has 3 aromatic rings. The number of nitrogens with zero attached hydrogens (tertiary/aromatic N) is 2. The van der Waals surface area contributed by atoms with E-state index in [1.165, 1.54) is 0 Å². The van der Waals surface area contributed by atoms with Gasteiger partial charge >= 0.3 is 0 Å². The SMILES string of the molecule is c1ccc2c(c1)OCCN2Cc1nc2ccccc2o1. The van der Waals surface area contributed by atoms with Crippen LogP contribution >= 0.6 is 0 Å². The third kappa shape index (κ3) is 1.90. The Bertz CT molecular complexity index is 718. The zero-order valence-corrected chi connectivity index (χ0v) is 11.0. The number of aromatic nitrogens is 1. The molecule has 100 valence electrons. The fourth-order valence-electron chi connectivity index (χ4n) is 2.54. The van der Waals surface area contributed by atoms with Gasteiger partial charge in [0.25, 0.3) is 0 Å². The zero-order chi connectivity index (χ0) is 13.4. The van der Waals surface area contributed by atoms with E-state index in [4.69, 9.17) is 9.15 Å². The van der Waals surface area contributed by atoms with Crippen LogP contribution in [0.2, 0.25) is 0 Å². The van der Waals surface area contributed by atoms with Crippen LogP contribution in [0.4, 0.5) is 5.69 Å². The van der Waals surface area contributed by atoms with Gasteiger partial charge in [-0.15, -0.1) is 0 Å². The van der Waals surface area contributed by atoms with E-state index in [-0.39, 0.29) is 0 Å². The van der Waals surface area contributed by atoms with Crippen LogP contribution in [0.1, 0.15) is 5.89 Å². The molecule has 0 unspecified atom stereocenters. The Morgan fingerprint density at radius 1 is 1.05 bits per heavy atom. The molecule has 20 heavy (non-hydrogen) atoms. The average Bonchev–Trinajstić information content (AvgIpc) is 2.90. The van der Waals surface area contributed by atoms with E-state index in [0.29, 0.717) is 13.2 Å². The van der Waals surface area contributed by atoms with Gasteiger partial charge in [0.15, 0.2) is 5.58 Å². The van der Waals surface area contributed by atoms with Crippen molar-refractivity contribution < 1.29 is 9.15 Å². The highest BCUT2D eigenvalue weighted by Gasteiger charge is 2.19. The summed E-state index contributed by atoms with van der Waals surface area (Å²) in [6, 6.07) is 15.9. The van der Waals surface area contributed by atoms with Crippen LogP contribution in [0.25, 0.3) is 11.1 Å². The van der Waals surface area contributed by atoms with Gasteiger partial charge in [0.1, 0.15) is 17.9 Å². The van der Waals surface area contributed by atoms with Gasteiger partial charge in [-0.1, -0.05) is 24.3 Å². The Hall–Kier alpha value is -2.49. The second kappa shape index (κ2) is 4.56. The summed E-state index contributed by atoms with van der Waals surface area (Å²) >= 11 is 0. The van der Waals surface area contributed by atoms with Gasteiger partial charge in [0.2, 0.25) is 5.89 Å². The summed E-state index contributed by atoms with van der Waals surface area (Å²) in [6.45, 7) is 2.20. The third-order valence-electron chi connectivity index (χ3n) is 3.49. The maximum atomic E-state index is 5.79. The molecule has 4 nitrogen and oxygen atoms in total. The van der Waals surface area contributed by atoms with Crippen molar-refractivity contribution in [3.8, 4) is 5.75 Å². The average molecular weight is 266 g/mol. The smallest absolute Gasteiger partial charge is 0.215 e. The van der Waals surface area contributed by atoms with Crippen LogP contribution in [0.15, 0.2) is 52.9 Å². The molecular formula is C16H14N2O2. The fraction of sp³-hybridized carbons (Fsp3) is 0.188. The van der Waals surface area contributed by atoms with Gasteiger partial charge in [-0.25, -0.2) is 4.98 Å². The molecule has 0 spiro atoms. The van der Waals surface area contributed by atoms with E-state index >= 15 is 0 Å². The van der Waals surface area contributed by atoms with Crippen molar-refractivity contribution in [2.24, 2.45) is 0 Å². The predicted octanol–water partition coefficient (Wildman–Crippen LogP) is 3.23. The fourth-order valence-corrected chi connectivity index (χ4v) is 2.54. The molecular weight excluding hydrogens is 252 g/mol. The molecule has 1 aromatic heterocycles. The molecule has 2 heterocycles. The van der Waals surface area contributed by atoms with Gasteiger partial charge in [0.05, 0.1) is 18.8 Å². The van der Waals surface area contributed by atoms with Gasteiger partial charge in [-0.2, -0.15) is 0 Å². The highest BCUT2D eigenvalue weighted by Crippen LogP contribution is 2.32. The first-order valence-electron chi connectivity index (χ1n) is 6.71. The molecule has 4 heteroatoms. The number of hydrogen-bond donors (Lipinski definition) is 0. The van der Waals surface area contributed by atoms with Crippen LogP contribution in [0, 0.1) is 0 Å². The Morgan fingerprint density at radius 2 is 1.90 bits per heavy atom. The van der Waals surface area contributed by atoms with Crippen molar-refractivity contribution in [3.63, 3.8) is 0 Å². The number of oxazole rings is 1. The third-order valence-corrected chi connectivity index (χ3v) is 3.49. The first kappa shape index (κ1) is 11.3. The molecule has 0 amide bonds. The lowest BCUT2D eigenvalue weighted by Crippen LogP contribution is -2.32. The lowest BCUT2D eigenvalue weighted by atomic mass is 10.2. The summed E-state index contributed by atoms with van der Waals surface area (Å²) in [5.74, 6) is 1.66. The largest absolute Gasteiger partial charge is 0.490 e. The summed E-state index contributed by atoms with van der Waals surface area (Å²) in [5, 5.41) is 0. The zero-order valence-electron chi connectivity index (χ0n) is 11.0. The predicted molar refractivity (Wildman–Crippen MR) is 77.0 cm³/mol. The van der Waals surface area contributed by atoms with Crippen molar-refractivity contribution in [3.05, 3.63) is 54.4 Å². The molecule has 0 atom stereocenters. The van der Waals surface area contributed by atoms with Crippen LogP contribution in [0.5, 0.6) is 5.75 Å². The molecule has 1 aliphatic rings. The topological polar surface area (TPSA) is 38.5 Å². The minimum absolute atomic E-state index is 0.662. The van der Waals surface area contributed by atoms with Crippen molar-refractivity contribution >= 4 is 16.8 Å². The molecule has 2 aromatic carbocycles. The van der Waals surface area contributed by atoms with E-state index < -0.39 is 0 Å². The summed E-state index contributed by atoms with van der Waals surface area (Å²) in [7, 11) is 0. The molecule has 0 saturated carbocycles. The Balaban J connectivity index is 1.66. The van der Waals surface area contributed by atoms with Crippen molar-refractivity contribution in [2.75, 3.05) is 18.1 Å². The van der Waals surface area contributed by atoms with Crippen molar-refractivity contribution in [1.29, 1.82) is 0 Å². The Labute approximate surface area is 116 Å². The van der Waals surface area contributed by atoms with Crippen molar-refractivity contribution in [2.45, 2.75) is 6.54 Å². The van der Waals surface area contributed by atoms with E-state index in [1.807, 2.05) is 42.5 Å². The maximum Gasteiger partial charge on any atom is 0.215 e. The highest BCUT2D eigenvalue weighted by atomic mass is 16.5. The first-order valence-corrected chi connectivity index (χ1v) is 6.71. The van der Waals surface area contributed by atoms with Crippen molar-refractivity contribution in [1.82, 2.24) is 4.98 Å². The van der Waals surface area contributed by atoms with Crippen LogP contribution < -0.4 is 9.64 Å². The number of rotatable bonds is 2. The number of anilines is 1. The normalized spacial score (nSPS) is 14.1. The Morgan fingerprint density at radius 3 is 2.85 bits per heavy atom. The molecule has 1 aliphatic heterocycles. The second-order valence-corrected chi connectivity index (χ2v) is 4.81. The molecule has 0 saturated heterocycles. The lowest BCUT2D eigenvalue weighted by Gasteiger charge is -2.30. The van der Waals surface area contributed by atoms with E-state index in [0.717, 1.165) is 35.0 Å². The molecule has 0 bridgehead atoms. The molecule has 0 fully saturated rings. The number of para-hydroxylation sites is 4. The van der Waals surface area contributed by atoms with Crippen LogP contribution in [0.3, 0.4) is 0 Å². The number of hydrogen-bond acceptors (Lipinski definition) is 4. The quantitative estimate of drug-likeness (QED) is 0.714. The lowest BCUT2D eigenvalue weighted by molar-refractivity contribution is 0.304. The van der Waals surface area contributed by atoms with Crippen LogP contribution in [-0.4, -0.2) is 18.1 Å². The van der Waals surface area contributed by atoms with E-state index in [9.17, 15) is 0 Å². The molecule has 4 rings (SSSR count). The van der Waals surface area contributed by atoms with Crippen LogP contribution in [-0.2, 0) is 6.54 Å². The van der Waals surface area contributed by atoms with E-state index in [2.05, 4.69) is 16.0 Å². The highest BCUT2D eigenvalue weighted by molar-refractivity contribution is 5.72. The number of fused-ring (bicyclic) bond motifs is 2. The summed E-state index contributed by atoms with van der Waals surface area (Å²) < 4.78 is 11.4.